The van der Waals surface area contributed by atoms with Crippen molar-refractivity contribution in [3.63, 3.8) is 0 Å². The van der Waals surface area contributed by atoms with Gasteiger partial charge in [0.2, 0.25) is 0 Å². The Morgan fingerprint density at radius 3 is 3.13 bits per heavy atom. The first-order chi connectivity index (χ1) is 11.2. The van der Waals surface area contributed by atoms with Crippen LogP contribution in [0, 0.1) is 0 Å². The number of hydrogen-bond acceptors (Lipinski definition) is 7. The fourth-order valence-corrected chi connectivity index (χ4v) is 3.55. The maximum absolute atomic E-state index is 12.2. The van der Waals surface area contributed by atoms with Gasteiger partial charge in [-0.1, -0.05) is 17.8 Å². The van der Waals surface area contributed by atoms with Crippen molar-refractivity contribution < 1.29 is 4.79 Å². The molecule has 0 spiro atoms. The number of aryl methyl sites for hydroxylation is 1. The first-order valence-corrected chi connectivity index (χ1v) is 8.88. The third kappa shape index (κ3) is 3.30. The van der Waals surface area contributed by atoms with Crippen molar-refractivity contribution in [1.82, 2.24) is 24.5 Å². The molecule has 0 aliphatic carbocycles. The van der Waals surface area contributed by atoms with Gasteiger partial charge < -0.3 is 5.32 Å². The standard InChI is InChI=1S/C14H15N5O2S2/c1-2-3-10-11(23-18-17-10)12(20)15-5-6-19-8-16-13-9(14(19)21)4-7-22-13/h4,7-8H,2-3,5-6H2,1H3,(H,15,20). The quantitative estimate of drug-likeness (QED) is 0.731. The van der Waals surface area contributed by atoms with Gasteiger partial charge in [0.1, 0.15) is 9.71 Å². The minimum Gasteiger partial charge on any atom is -0.349 e. The number of carbonyl (C=O) groups excluding carboxylic acids is 1. The highest BCUT2D eigenvalue weighted by Crippen LogP contribution is 2.13. The monoisotopic (exact) mass is 349 g/mol. The van der Waals surface area contributed by atoms with Crippen LogP contribution in [0.15, 0.2) is 22.6 Å². The summed E-state index contributed by atoms with van der Waals surface area (Å²) in [4.78, 5) is 29.9. The molecule has 0 unspecified atom stereocenters. The zero-order valence-corrected chi connectivity index (χ0v) is 14.1. The number of nitrogens with zero attached hydrogens (tertiary/aromatic N) is 4. The van der Waals surface area contributed by atoms with Gasteiger partial charge in [0.15, 0.2) is 0 Å². The van der Waals surface area contributed by atoms with E-state index in [9.17, 15) is 9.59 Å². The Morgan fingerprint density at radius 1 is 1.43 bits per heavy atom. The normalized spacial score (nSPS) is 11.0. The van der Waals surface area contributed by atoms with Crippen LogP contribution in [0.2, 0.25) is 0 Å². The lowest BCUT2D eigenvalue weighted by Gasteiger charge is -2.07. The number of nitrogens with one attached hydrogen (secondary N) is 1. The van der Waals surface area contributed by atoms with Gasteiger partial charge in [-0.05, 0) is 29.4 Å². The Labute approximate surface area is 140 Å². The van der Waals surface area contributed by atoms with E-state index in [1.807, 2.05) is 12.3 Å². The summed E-state index contributed by atoms with van der Waals surface area (Å²) in [6, 6.07) is 1.77. The van der Waals surface area contributed by atoms with Crippen molar-refractivity contribution in [2.75, 3.05) is 6.54 Å². The number of hydrogen-bond donors (Lipinski definition) is 1. The van der Waals surface area contributed by atoms with E-state index in [4.69, 9.17) is 0 Å². The van der Waals surface area contributed by atoms with Crippen molar-refractivity contribution in [3.8, 4) is 0 Å². The summed E-state index contributed by atoms with van der Waals surface area (Å²) in [6.07, 6.45) is 3.16. The van der Waals surface area contributed by atoms with E-state index in [-0.39, 0.29) is 11.5 Å². The summed E-state index contributed by atoms with van der Waals surface area (Å²) in [5, 5.41) is 9.24. The Hall–Kier alpha value is -2.13. The van der Waals surface area contributed by atoms with Gasteiger partial charge >= 0.3 is 0 Å². The van der Waals surface area contributed by atoms with E-state index in [0.29, 0.717) is 23.4 Å². The van der Waals surface area contributed by atoms with Crippen LogP contribution in [0.25, 0.3) is 10.2 Å². The largest absolute Gasteiger partial charge is 0.349 e. The van der Waals surface area contributed by atoms with Gasteiger partial charge in [-0.3, -0.25) is 14.2 Å². The van der Waals surface area contributed by atoms with Gasteiger partial charge in [-0.25, -0.2) is 4.98 Å². The number of fused-ring (bicyclic) bond motifs is 1. The lowest BCUT2D eigenvalue weighted by atomic mass is 10.2. The average molecular weight is 349 g/mol. The molecule has 120 valence electrons. The minimum absolute atomic E-state index is 0.0865. The number of thiophene rings is 1. The summed E-state index contributed by atoms with van der Waals surface area (Å²) < 4.78 is 5.34. The van der Waals surface area contributed by atoms with Crippen LogP contribution < -0.4 is 10.9 Å². The van der Waals surface area contributed by atoms with Crippen LogP contribution in [0.5, 0.6) is 0 Å². The van der Waals surface area contributed by atoms with E-state index >= 15 is 0 Å². The Bertz CT molecular complexity index is 883. The third-order valence-corrected chi connectivity index (χ3v) is 4.93. The maximum Gasteiger partial charge on any atom is 0.265 e. The van der Waals surface area contributed by atoms with Crippen molar-refractivity contribution in [2.45, 2.75) is 26.3 Å². The number of aromatic nitrogens is 4. The molecule has 1 amide bonds. The van der Waals surface area contributed by atoms with E-state index in [0.717, 1.165) is 34.9 Å². The SMILES string of the molecule is CCCc1nnsc1C(=O)NCCn1cnc2sccc2c1=O. The van der Waals surface area contributed by atoms with E-state index < -0.39 is 0 Å². The van der Waals surface area contributed by atoms with E-state index in [1.165, 1.54) is 22.2 Å². The van der Waals surface area contributed by atoms with Crippen molar-refractivity contribution in [3.05, 3.63) is 38.7 Å². The molecular formula is C14H15N5O2S2. The van der Waals surface area contributed by atoms with Gasteiger partial charge in [0.25, 0.3) is 11.5 Å². The first kappa shape index (κ1) is 15.8. The molecule has 0 saturated carbocycles. The predicted molar refractivity (Wildman–Crippen MR) is 90.1 cm³/mol. The van der Waals surface area contributed by atoms with Gasteiger partial charge in [0.05, 0.1) is 17.4 Å². The second-order valence-electron chi connectivity index (χ2n) is 4.94. The molecule has 9 heteroatoms. The maximum atomic E-state index is 12.2. The zero-order chi connectivity index (χ0) is 16.2. The molecule has 0 atom stereocenters. The highest BCUT2D eigenvalue weighted by molar-refractivity contribution is 7.16. The summed E-state index contributed by atoms with van der Waals surface area (Å²) in [5.41, 5.74) is 0.644. The zero-order valence-electron chi connectivity index (χ0n) is 12.5. The minimum atomic E-state index is -0.193. The lowest BCUT2D eigenvalue weighted by Crippen LogP contribution is -2.31. The highest BCUT2D eigenvalue weighted by Gasteiger charge is 2.15. The molecule has 0 bridgehead atoms. The highest BCUT2D eigenvalue weighted by atomic mass is 32.1. The van der Waals surface area contributed by atoms with Crippen LogP contribution in [0.3, 0.4) is 0 Å². The Balaban J connectivity index is 1.64. The number of carbonyl (C=O) groups is 1. The van der Waals surface area contributed by atoms with Crippen molar-refractivity contribution in [1.29, 1.82) is 0 Å². The molecule has 0 aromatic carbocycles. The fourth-order valence-electron chi connectivity index (χ4n) is 2.20. The van der Waals surface area contributed by atoms with Crippen LogP contribution in [0.4, 0.5) is 0 Å². The summed E-state index contributed by atoms with van der Waals surface area (Å²) in [5.74, 6) is -0.193. The topological polar surface area (TPSA) is 89.8 Å². The lowest BCUT2D eigenvalue weighted by molar-refractivity contribution is 0.0955. The molecule has 23 heavy (non-hydrogen) atoms. The second kappa shape index (κ2) is 6.97. The molecule has 0 fully saturated rings. The van der Waals surface area contributed by atoms with Gasteiger partial charge in [0, 0.05) is 13.1 Å². The summed E-state index contributed by atoms with van der Waals surface area (Å²) in [7, 11) is 0. The second-order valence-corrected chi connectivity index (χ2v) is 6.59. The molecule has 3 heterocycles. The van der Waals surface area contributed by atoms with Crippen molar-refractivity contribution >= 4 is 39.0 Å². The Kier molecular flexibility index (Phi) is 4.77. The number of rotatable bonds is 6. The molecule has 0 saturated heterocycles. The molecule has 0 aliphatic heterocycles. The molecular weight excluding hydrogens is 334 g/mol. The Morgan fingerprint density at radius 2 is 2.30 bits per heavy atom. The molecule has 0 radical (unpaired) electrons. The van der Waals surface area contributed by atoms with Crippen LogP contribution >= 0.6 is 22.9 Å². The summed E-state index contributed by atoms with van der Waals surface area (Å²) >= 11 is 2.53. The van der Waals surface area contributed by atoms with Crippen LogP contribution in [0.1, 0.15) is 28.7 Å². The molecule has 3 rings (SSSR count). The van der Waals surface area contributed by atoms with E-state index in [1.54, 1.807) is 6.07 Å². The smallest absolute Gasteiger partial charge is 0.265 e. The summed E-state index contributed by atoms with van der Waals surface area (Å²) in [6.45, 7) is 2.75. The molecule has 7 nitrogen and oxygen atoms in total. The van der Waals surface area contributed by atoms with Crippen molar-refractivity contribution in [2.24, 2.45) is 0 Å². The molecule has 1 N–H and O–H groups in total. The fraction of sp³-hybridized carbons (Fsp3) is 0.357. The van der Waals surface area contributed by atoms with Crippen LogP contribution in [-0.2, 0) is 13.0 Å². The third-order valence-electron chi connectivity index (χ3n) is 3.34. The van der Waals surface area contributed by atoms with Gasteiger partial charge in [-0.15, -0.1) is 16.4 Å². The number of amides is 1. The van der Waals surface area contributed by atoms with Crippen LogP contribution in [-0.4, -0.2) is 31.6 Å². The average Bonchev–Trinajstić information content (AvgIpc) is 3.19. The molecule has 0 aliphatic rings. The molecule has 3 aromatic heterocycles. The first-order valence-electron chi connectivity index (χ1n) is 7.22. The van der Waals surface area contributed by atoms with Gasteiger partial charge in [-0.2, -0.15) is 0 Å². The predicted octanol–water partition coefficient (Wildman–Crippen LogP) is 1.69. The molecule has 3 aromatic rings. The van der Waals surface area contributed by atoms with E-state index in [2.05, 4.69) is 19.9 Å².